The molecule has 0 fully saturated rings. The van der Waals surface area contributed by atoms with Gasteiger partial charge in [0, 0.05) is 17.3 Å². The molecule has 2 aromatic carbocycles. The third-order valence-electron chi connectivity index (χ3n) is 3.15. The SMILES string of the molecule is Cc1cc(C)c(-c2ccc(N)cc2O)cc1C. The molecular formula is C15H17NO. The summed E-state index contributed by atoms with van der Waals surface area (Å²) in [6.45, 7) is 6.22. The Labute approximate surface area is 102 Å². The van der Waals surface area contributed by atoms with E-state index in [1.807, 2.05) is 12.1 Å². The van der Waals surface area contributed by atoms with Crippen LogP contribution in [0.15, 0.2) is 30.3 Å². The molecule has 0 bridgehead atoms. The van der Waals surface area contributed by atoms with Crippen LogP contribution in [-0.4, -0.2) is 5.11 Å². The van der Waals surface area contributed by atoms with Crippen molar-refractivity contribution in [3.8, 4) is 16.9 Å². The predicted molar refractivity (Wildman–Crippen MR) is 72.2 cm³/mol. The van der Waals surface area contributed by atoms with Crippen LogP contribution in [0.4, 0.5) is 5.69 Å². The van der Waals surface area contributed by atoms with Crippen molar-refractivity contribution >= 4 is 5.69 Å². The smallest absolute Gasteiger partial charge is 0.125 e. The van der Waals surface area contributed by atoms with Crippen LogP contribution < -0.4 is 5.73 Å². The molecule has 3 N–H and O–H groups in total. The van der Waals surface area contributed by atoms with Crippen LogP contribution in [0.3, 0.4) is 0 Å². The van der Waals surface area contributed by atoms with Crippen molar-refractivity contribution in [3.63, 3.8) is 0 Å². The van der Waals surface area contributed by atoms with Crippen LogP contribution in [0.2, 0.25) is 0 Å². The third-order valence-corrected chi connectivity index (χ3v) is 3.15. The Morgan fingerprint density at radius 3 is 2.12 bits per heavy atom. The average Bonchev–Trinajstić information content (AvgIpc) is 2.24. The second-order valence-electron chi connectivity index (χ2n) is 4.53. The van der Waals surface area contributed by atoms with Crippen molar-refractivity contribution in [2.45, 2.75) is 20.8 Å². The molecule has 0 atom stereocenters. The number of nitrogens with two attached hydrogens (primary N) is 1. The lowest BCUT2D eigenvalue weighted by Crippen LogP contribution is -1.90. The highest BCUT2D eigenvalue weighted by Gasteiger charge is 2.08. The molecule has 0 radical (unpaired) electrons. The number of hydrogen-bond donors (Lipinski definition) is 2. The molecule has 2 heteroatoms. The van der Waals surface area contributed by atoms with E-state index in [0.29, 0.717) is 5.69 Å². The van der Waals surface area contributed by atoms with E-state index in [1.165, 1.54) is 11.1 Å². The molecule has 0 spiro atoms. The average molecular weight is 227 g/mol. The third kappa shape index (κ3) is 2.11. The molecule has 0 saturated heterocycles. The van der Waals surface area contributed by atoms with E-state index >= 15 is 0 Å². The summed E-state index contributed by atoms with van der Waals surface area (Å²) in [6.07, 6.45) is 0. The fourth-order valence-corrected chi connectivity index (χ4v) is 2.03. The zero-order valence-electron chi connectivity index (χ0n) is 10.4. The minimum absolute atomic E-state index is 0.233. The Hall–Kier alpha value is -1.96. The van der Waals surface area contributed by atoms with E-state index in [4.69, 9.17) is 5.73 Å². The number of phenolic OH excluding ortho intramolecular Hbond substituents is 1. The van der Waals surface area contributed by atoms with Gasteiger partial charge in [0.1, 0.15) is 5.75 Å². The molecule has 17 heavy (non-hydrogen) atoms. The number of aryl methyl sites for hydroxylation is 3. The lowest BCUT2D eigenvalue weighted by atomic mass is 9.95. The molecule has 2 nitrogen and oxygen atoms in total. The molecule has 0 aliphatic rings. The van der Waals surface area contributed by atoms with Crippen LogP contribution in [0, 0.1) is 20.8 Å². The summed E-state index contributed by atoms with van der Waals surface area (Å²) in [7, 11) is 0. The van der Waals surface area contributed by atoms with Crippen LogP contribution in [0.1, 0.15) is 16.7 Å². The minimum Gasteiger partial charge on any atom is -0.507 e. The lowest BCUT2D eigenvalue weighted by molar-refractivity contribution is 0.477. The Bertz CT molecular complexity index is 573. The zero-order valence-corrected chi connectivity index (χ0v) is 10.4. The molecule has 0 heterocycles. The summed E-state index contributed by atoms with van der Waals surface area (Å²) in [5, 5.41) is 9.95. The number of aromatic hydroxyl groups is 1. The molecule has 0 saturated carbocycles. The van der Waals surface area contributed by atoms with Crippen molar-refractivity contribution in [1.29, 1.82) is 0 Å². The molecule has 0 unspecified atom stereocenters. The Kier molecular flexibility index (Phi) is 2.80. The quantitative estimate of drug-likeness (QED) is 0.732. The van der Waals surface area contributed by atoms with Crippen LogP contribution in [0.25, 0.3) is 11.1 Å². The van der Waals surface area contributed by atoms with Gasteiger partial charge in [-0.05, 0) is 55.2 Å². The number of benzene rings is 2. The molecule has 0 aliphatic carbocycles. The van der Waals surface area contributed by atoms with Gasteiger partial charge in [0.25, 0.3) is 0 Å². The van der Waals surface area contributed by atoms with E-state index in [9.17, 15) is 5.11 Å². The first-order chi connectivity index (χ1) is 7.99. The summed E-state index contributed by atoms with van der Waals surface area (Å²) in [4.78, 5) is 0. The van der Waals surface area contributed by atoms with Gasteiger partial charge in [-0.15, -0.1) is 0 Å². The van der Waals surface area contributed by atoms with Gasteiger partial charge in [0.05, 0.1) is 0 Å². The maximum absolute atomic E-state index is 9.95. The first kappa shape index (κ1) is 11.5. The molecule has 2 rings (SSSR count). The maximum Gasteiger partial charge on any atom is 0.125 e. The maximum atomic E-state index is 9.95. The van der Waals surface area contributed by atoms with E-state index in [2.05, 4.69) is 32.9 Å². The summed E-state index contributed by atoms with van der Waals surface area (Å²) < 4.78 is 0. The van der Waals surface area contributed by atoms with E-state index < -0.39 is 0 Å². The molecular weight excluding hydrogens is 210 g/mol. The van der Waals surface area contributed by atoms with Crippen LogP contribution in [-0.2, 0) is 0 Å². The van der Waals surface area contributed by atoms with Crippen molar-refractivity contribution < 1.29 is 5.11 Å². The van der Waals surface area contributed by atoms with Gasteiger partial charge in [-0.3, -0.25) is 0 Å². The van der Waals surface area contributed by atoms with Gasteiger partial charge in [-0.25, -0.2) is 0 Å². The van der Waals surface area contributed by atoms with Gasteiger partial charge in [0.15, 0.2) is 0 Å². The number of anilines is 1. The van der Waals surface area contributed by atoms with E-state index in [0.717, 1.165) is 16.7 Å². The Morgan fingerprint density at radius 2 is 1.47 bits per heavy atom. The molecule has 0 aromatic heterocycles. The van der Waals surface area contributed by atoms with Gasteiger partial charge >= 0.3 is 0 Å². The van der Waals surface area contributed by atoms with Crippen molar-refractivity contribution in [1.82, 2.24) is 0 Å². The number of rotatable bonds is 1. The fourth-order valence-electron chi connectivity index (χ4n) is 2.03. The standard InChI is InChI=1S/C15H17NO/c1-9-6-11(3)14(7-10(9)2)13-5-4-12(16)8-15(13)17/h4-8,17H,16H2,1-3H3. The summed E-state index contributed by atoms with van der Waals surface area (Å²) in [6, 6.07) is 9.51. The number of nitrogen functional groups attached to an aromatic ring is 1. The summed E-state index contributed by atoms with van der Waals surface area (Å²) in [5.74, 6) is 0.233. The highest BCUT2D eigenvalue weighted by molar-refractivity contribution is 5.75. The topological polar surface area (TPSA) is 46.2 Å². The van der Waals surface area contributed by atoms with Gasteiger partial charge in [0.2, 0.25) is 0 Å². The monoisotopic (exact) mass is 227 g/mol. The van der Waals surface area contributed by atoms with Crippen molar-refractivity contribution in [3.05, 3.63) is 47.0 Å². The highest BCUT2D eigenvalue weighted by Crippen LogP contribution is 2.34. The summed E-state index contributed by atoms with van der Waals surface area (Å²) in [5.41, 5.74) is 11.8. The van der Waals surface area contributed by atoms with E-state index in [-0.39, 0.29) is 5.75 Å². The van der Waals surface area contributed by atoms with Crippen LogP contribution >= 0.6 is 0 Å². The fraction of sp³-hybridized carbons (Fsp3) is 0.200. The van der Waals surface area contributed by atoms with E-state index in [1.54, 1.807) is 6.07 Å². The van der Waals surface area contributed by atoms with Gasteiger partial charge in [-0.2, -0.15) is 0 Å². The Morgan fingerprint density at radius 1 is 0.824 bits per heavy atom. The van der Waals surface area contributed by atoms with Crippen LogP contribution in [0.5, 0.6) is 5.75 Å². The zero-order chi connectivity index (χ0) is 12.6. The second-order valence-corrected chi connectivity index (χ2v) is 4.53. The first-order valence-electron chi connectivity index (χ1n) is 5.66. The number of hydrogen-bond acceptors (Lipinski definition) is 2. The first-order valence-corrected chi connectivity index (χ1v) is 5.66. The van der Waals surface area contributed by atoms with Crippen molar-refractivity contribution in [2.75, 3.05) is 5.73 Å². The molecule has 2 aromatic rings. The largest absolute Gasteiger partial charge is 0.507 e. The van der Waals surface area contributed by atoms with Gasteiger partial charge < -0.3 is 10.8 Å². The summed E-state index contributed by atoms with van der Waals surface area (Å²) >= 11 is 0. The second kappa shape index (κ2) is 4.13. The minimum atomic E-state index is 0.233. The molecule has 0 amide bonds. The molecule has 88 valence electrons. The van der Waals surface area contributed by atoms with Gasteiger partial charge in [-0.1, -0.05) is 12.1 Å². The molecule has 0 aliphatic heterocycles. The lowest BCUT2D eigenvalue weighted by Gasteiger charge is -2.12. The highest BCUT2D eigenvalue weighted by atomic mass is 16.3. The predicted octanol–water partition coefficient (Wildman–Crippen LogP) is 3.57. The number of phenols is 1. The van der Waals surface area contributed by atoms with Crippen molar-refractivity contribution in [2.24, 2.45) is 0 Å². The Balaban J connectivity index is 2.64. The normalized spacial score (nSPS) is 10.5.